The number of carbonyl (C=O) groups is 1. The number of aromatic nitrogens is 1. The SMILES string of the molecule is CC1CN(C(CNC(=O)CCc2ccccn2)c2c(F)cccc2Cl)CCO1. The molecule has 28 heavy (non-hydrogen) atoms. The second kappa shape index (κ2) is 9.96. The molecular formula is C21H25ClFN3O2. The Morgan fingerprint density at radius 1 is 1.39 bits per heavy atom. The zero-order chi connectivity index (χ0) is 19.9. The molecule has 2 aromatic rings. The van der Waals surface area contributed by atoms with E-state index in [0.29, 0.717) is 43.1 Å². The number of hydrogen-bond acceptors (Lipinski definition) is 4. The van der Waals surface area contributed by atoms with Crippen molar-refractivity contribution in [1.29, 1.82) is 0 Å². The molecule has 2 atom stereocenters. The predicted octanol–water partition coefficient (Wildman–Crippen LogP) is 3.38. The lowest BCUT2D eigenvalue weighted by Gasteiger charge is -2.38. The van der Waals surface area contributed by atoms with E-state index in [-0.39, 0.29) is 30.4 Å². The largest absolute Gasteiger partial charge is 0.376 e. The van der Waals surface area contributed by atoms with E-state index < -0.39 is 0 Å². The fourth-order valence-electron chi connectivity index (χ4n) is 3.46. The average molecular weight is 406 g/mol. The van der Waals surface area contributed by atoms with Crippen LogP contribution in [0, 0.1) is 5.82 Å². The van der Waals surface area contributed by atoms with Gasteiger partial charge in [0, 0.05) is 48.5 Å². The van der Waals surface area contributed by atoms with Crippen molar-refractivity contribution in [2.24, 2.45) is 0 Å². The minimum absolute atomic E-state index is 0.0432. The Labute approximate surface area is 169 Å². The van der Waals surface area contributed by atoms with Gasteiger partial charge in [0.2, 0.25) is 5.91 Å². The molecule has 1 aromatic heterocycles. The second-order valence-electron chi connectivity index (χ2n) is 6.95. The van der Waals surface area contributed by atoms with Crippen LogP contribution in [-0.4, -0.2) is 48.1 Å². The highest BCUT2D eigenvalue weighted by Gasteiger charge is 2.29. The lowest BCUT2D eigenvalue weighted by molar-refractivity contribution is -0.121. The number of rotatable bonds is 7. The summed E-state index contributed by atoms with van der Waals surface area (Å²) in [6, 6.07) is 9.96. The zero-order valence-electron chi connectivity index (χ0n) is 15.9. The summed E-state index contributed by atoms with van der Waals surface area (Å²) in [5.74, 6) is -0.455. The summed E-state index contributed by atoms with van der Waals surface area (Å²) in [5.41, 5.74) is 1.29. The summed E-state index contributed by atoms with van der Waals surface area (Å²) in [5, 5.41) is 3.31. The molecule has 1 aromatic carbocycles. The third-order valence-electron chi connectivity index (χ3n) is 4.87. The minimum Gasteiger partial charge on any atom is -0.376 e. The monoisotopic (exact) mass is 405 g/mol. The van der Waals surface area contributed by atoms with Gasteiger partial charge in [-0.25, -0.2) is 4.39 Å². The molecule has 7 heteroatoms. The fourth-order valence-corrected chi connectivity index (χ4v) is 3.75. The molecule has 0 spiro atoms. The molecule has 150 valence electrons. The van der Waals surface area contributed by atoms with Crippen LogP contribution >= 0.6 is 11.6 Å². The molecule has 1 saturated heterocycles. The van der Waals surface area contributed by atoms with Gasteiger partial charge in [-0.2, -0.15) is 0 Å². The number of pyridine rings is 1. The average Bonchev–Trinajstić information content (AvgIpc) is 2.69. The normalized spacial score (nSPS) is 18.6. The molecule has 2 unspecified atom stereocenters. The number of benzene rings is 1. The number of ether oxygens (including phenoxy) is 1. The molecule has 0 saturated carbocycles. The van der Waals surface area contributed by atoms with Crippen molar-refractivity contribution in [3.63, 3.8) is 0 Å². The first-order chi connectivity index (χ1) is 13.5. The van der Waals surface area contributed by atoms with Crippen LogP contribution in [0.4, 0.5) is 4.39 Å². The van der Waals surface area contributed by atoms with Gasteiger partial charge < -0.3 is 10.1 Å². The van der Waals surface area contributed by atoms with E-state index >= 15 is 0 Å². The highest BCUT2D eigenvalue weighted by Crippen LogP contribution is 2.31. The van der Waals surface area contributed by atoms with Gasteiger partial charge in [-0.3, -0.25) is 14.7 Å². The summed E-state index contributed by atoms with van der Waals surface area (Å²) in [7, 11) is 0. The summed E-state index contributed by atoms with van der Waals surface area (Å²) >= 11 is 6.32. The lowest BCUT2D eigenvalue weighted by atomic mass is 10.0. The first kappa shape index (κ1) is 20.7. The summed E-state index contributed by atoms with van der Waals surface area (Å²) in [6.07, 6.45) is 2.64. The molecule has 2 heterocycles. The van der Waals surface area contributed by atoms with E-state index in [1.54, 1.807) is 18.3 Å². The molecule has 5 nitrogen and oxygen atoms in total. The van der Waals surface area contributed by atoms with E-state index in [2.05, 4.69) is 15.2 Å². The first-order valence-corrected chi connectivity index (χ1v) is 9.88. The van der Waals surface area contributed by atoms with Crippen molar-refractivity contribution in [3.8, 4) is 0 Å². The molecule has 1 amide bonds. The molecule has 1 N–H and O–H groups in total. The van der Waals surface area contributed by atoms with E-state index in [9.17, 15) is 9.18 Å². The van der Waals surface area contributed by atoms with E-state index in [1.807, 2.05) is 25.1 Å². The topological polar surface area (TPSA) is 54.5 Å². The van der Waals surface area contributed by atoms with Crippen molar-refractivity contribution in [2.75, 3.05) is 26.2 Å². The van der Waals surface area contributed by atoms with Crippen LogP contribution in [-0.2, 0) is 16.0 Å². The molecule has 1 aliphatic rings. The van der Waals surface area contributed by atoms with E-state index in [1.165, 1.54) is 6.07 Å². The molecule has 1 fully saturated rings. The number of nitrogens with zero attached hydrogens (tertiary/aromatic N) is 2. The minimum atomic E-state index is -0.362. The summed E-state index contributed by atoms with van der Waals surface area (Å²) in [6.45, 7) is 4.14. The number of amides is 1. The van der Waals surface area contributed by atoms with Crippen LogP contribution in [0.2, 0.25) is 5.02 Å². The number of nitrogens with one attached hydrogen (secondary N) is 1. The third-order valence-corrected chi connectivity index (χ3v) is 5.20. The first-order valence-electron chi connectivity index (χ1n) is 9.50. The van der Waals surface area contributed by atoms with Gasteiger partial charge in [0.25, 0.3) is 0 Å². The number of halogens is 2. The third kappa shape index (κ3) is 5.50. The Bertz CT molecular complexity index is 770. The van der Waals surface area contributed by atoms with Crippen LogP contribution in [0.25, 0.3) is 0 Å². The number of aryl methyl sites for hydroxylation is 1. The molecule has 0 aliphatic carbocycles. The van der Waals surface area contributed by atoms with Gasteiger partial charge in [-0.1, -0.05) is 23.7 Å². The highest BCUT2D eigenvalue weighted by molar-refractivity contribution is 6.31. The van der Waals surface area contributed by atoms with Crippen LogP contribution in [0.1, 0.15) is 30.6 Å². The van der Waals surface area contributed by atoms with Gasteiger partial charge in [0.1, 0.15) is 5.82 Å². The molecule has 3 rings (SSSR count). The predicted molar refractivity (Wildman–Crippen MR) is 107 cm³/mol. The zero-order valence-corrected chi connectivity index (χ0v) is 16.7. The molecule has 0 radical (unpaired) electrons. The van der Waals surface area contributed by atoms with Gasteiger partial charge in [-0.15, -0.1) is 0 Å². The van der Waals surface area contributed by atoms with Gasteiger partial charge in [-0.05, 0) is 37.6 Å². The fraction of sp³-hybridized carbons (Fsp3) is 0.429. The van der Waals surface area contributed by atoms with Crippen molar-refractivity contribution in [3.05, 3.63) is 64.7 Å². The van der Waals surface area contributed by atoms with Crippen molar-refractivity contribution >= 4 is 17.5 Å². The quantitative estimate of drug-likeness (QED) is 0.767. The summed E-state index contributed by atoms with van der Waals surface area (Å²) in [4.78, 5) is 18.7. The van der Waals surface area contributed by atoms with Crippen molar-refractivity contribution in [2.45, 2.75) is 31.9 Å². The Balaban J connectivity index is 1.68. The van der Waals surface area contributed by atoms with Crippen LogP contribution in [0.3, 0.4) is 0 Å². The lowest BCUT2D eigenvalue weighted by Crippen LogP contribution is -2.47. The standard InChI is InChI=1S/C21H25ClFN3O2/c1-15-14-26(11-12-28-15)19(21-17(22)6-4-7-18(21)23)13-25-20(27)9-8-16-5-2-3-10-24-16/h2-7,10,15,19H,8-9,11-14H2,1H3,(H,25,27). The Morgan fingerprint density at radius 3 is 2.96 bits per heavy atom. The Morgan fingerprint density at radius 2 is 2.25 bits per heavy atom. The molecule has 1 aliphatic heterocycles. The second-order valence-corrected chi connectivity index (χ2v) is 7.36. The van der Waals surface area contributed by atoms with Crippen molar-refractivity contribution < 1.29 is 13.9 Å². The van der Waals surface area contributed by atoms with Gasteiger partial charge in [0.15, 0.2) is 0 Å². The smallest absolute Gasteiger partial charge is 0.220 e. The maximum Gasteiger partial charge on any atom is 0.220 e. The van der Waals surface area contributed by atoms with Crippen molar-refractivity contribution in [1.82, 2.24) is 15.2 Å². The van der Waals surface area contributed by atoms with Gasteiger partial charge in [0.05, 0.1) is 18.8 Å². The molecular weight excluding hydrogens is 381 g/mol. The maximum atomic E-state index is 14.6. The van der Waals surface area contributed by atoms with Crippen LogP contribution in [0.15, 0.2) is 42.6 Å². The highest BCUT2D eigenvalue weighted by atomic mass is 35.5. The number of hydrogen-bond donors (Lipinski definition) is 1. The molecule has 0 bridgehead atoms. The van der Waals surface area contributed by atoms with Gasteiger partial charge >= 0.3 is 0 Å². The Kier molecular flexibility index (Phi) is 7.36. The van der Waals surface area contributed by atoms with Crippen LogP contribution < -0.4 is 5.32 Å². The number of carbonyl (C=O) groups excluding carboxylic acids is 1. The maximum absolute atomic E-state index is 14.6. The van der Waals surface area contributed by atoms with E-state index in [0.717, 1.165) is 5.69 Å². The van der Waals surface area contributed by atoms with Crippen LogP contribution in [0.5, 0.6) is 0 Å². The number of morpholine rings is 1. The van der Waals surface area contributed by atoms with E-state index in [4.69, 9.17) is 16.3 Å². The summed E-state index contributed by atoms with van der Waals surface area (Å²) < 4.78 is 20.2. The Hall–Kier alpha value is -2.02.